The minimum Gasteiger partial charge on any atom is -0.305 e. The lowest BCUT2D eigenvalue weighted by Crippen LogP contribution is -2.27. The van der Waals surface area contributed by atoms with Gasteiger partial charge in [-0.05, 0) is 20.8 Å². The molecule has 0 aliphatic rings. The number of carbonyl (C=O) groups is 1. The normalized spacial score (nSPS) is 12.5. The first-order chi connectivity index (χ1) is 9.59. The van der Waals surface area contributed by atoms with Crippen LogP contribution in [0.15, 0.2) is 12.3 Å². The van der Waals surface area contributed by atoms with Gasteiger partial charge in [-0.3, -0.25) is 4.79 Å². The number of nitrogens with zero attached hydrogens (tertiary/aromatic N) is 4. The Bertz CT molecular complexity index is 631. The van der Waals surface area contributed by atoms with E-state index >= 15 is 0 Å². The standard InChI is InChI=1S/C14H21N5OS/c1-13(2,3)10-7-11(19(17-10)14(4,5)6)16-12(20)9-8-15-21-18-9/h7-8H,1-6H3,(H,16,20). The van der Waals surface area contributed by atoms with Gasteiger partial charge in [0, 0.05) is 11.5 Å². The summed E-state index contributed by atoms with van der Waals surface area (Å²) in [6, 6.07) is 1.92. The third-order valence-electron chi connectivity index (χ3n) is 2.95. The van der Waals surface area contributed by atoms with Crippen LogP contribution < -0.4 is 5.32 Å². The maximum atomic E-state index is 12.2. The fourth-order valence-corrected chi connectivity index (χ4v) is 2.21. The summed E-state index contributed by atoms with van der Waals surface area (Å²) in [4.78, 5) is 12.2. The van der Waals surface area contributed by atoms with Crippen LogP contribution in [0.1, 0.15) is 57.7 Å². The third kappa shape index (κ3) is 3.47. The molecule has 0 saturated carbocycles. The highest BCUT2D eigenvalue weighted by Crippen LogP contribution is 2.28. The molecule has 2 aromatic rings. The highest BCUT2D eigenvalue weighted by atomic mass is 32.1. The van der Waals surface area contributed by atoms with Crippen LogP contribution in [0, 0.1) is 0 Å². The van der Waals surface area contributed by atoms with Crippen molar-refractivity contribution in [1.29, 1.82) is 0 Å². The van der Waals surface area contributed by atoms with Gasteiger partial charge in [-0.1, -0.05) is 20.8 Å². The summed E-state index contributed by atoms with van der Waals surface area (Å²) in [5, 5.41) is 7.53. The molecule has 0 radical (unpaired) electrons. The van der Waals surface area contributed by atoms with Crippen LogP contribution in [-0.2, 0) is 11.0 Å². The monoisotopic (exact) mass is 307 g/mol. The zero-order valence-electron chi connectivity index (χ0n) is 13.3. The summed E-state index contributed by atoms with van der Waals surface area (Å²) >= 11 is 1.01. The minimum absolute atomic E-state index is 0.0852. The number of carbonyl (C=O) groups excluding carboxylic acids is 1. The van der Waals surface area contributed by atoms with Crippen molar-refractivity contribution in [2.75, 3.05) is 5.32 Å². The Hall–Kier alpha value is -1.76. The summed E-state index contributed by atoms with van der Waals surface area (Å²) in [6.45, 7) is 12.4. The molecule has 1 amide bonds. The predicted molar refractivity (Wildman–Crippen MR) is 83.8 cm³/mol. The van der Waals surface area contributed by atoms with E-state index in [1.54, 1.807) is 0 Å². The van der Waals surface area contributed by atoms with Gasteiger partial charge in [-0.2, -0.15) is 13.8 Å². The van der Waals surface area contributed by atoms with Gasteiger partial charge in [-0.25, -0.2) is 4.68 Å². The zero-order chi connectivity index (χ0) is 15.8. The Labute approximate surface area is 128 Å². The minimum atomic E-state index is -0.269. The Morgan fingerprint density at radius 2 is 1.90 bits per heavy atom. The highest BCUT2D eigenvalue weighted by Gasteiger charge is 2.26. The number of hydrogen-bond donors (Lipinski definition) is 1. The maximum Gasteiger partial charge on any atom is 0.278 e. The second kappa shape index (κ2) is 5.22. The first-order valence-corrected chi connectivity index (χ1v) is 7.52. The van der Waals surface area contributed by atoms with Gasteiger partial charge in [0.1, 0.15) is 5.82 Å². The molecule has 0 aliphatic heterocycles. The average Bonchev–Trinajstić information content (AvgIpc) is 2.94. The van der Waals surface area contributed by atoms with Gasteiger partial charge in [0.05, 0.1) is 29.2 Å². The molecular weight excluding hydrogens is 286 g/mol. The smallest absolute Gasteiger partial charge is 0.278 e. The van der Waals surface area contributed by atoms with Crippen molar-refractivity contribution in [3.8, 4) is 0 Å². The molecule has 0 aromatic carbocycles. The second-order valence-corrected chi connectivity index (χ2v) is 7.55. The van der Waals surface area contributed by atoms with Crippen LogP contribution in [0.4, 0.5) is 5.82 Å². The molecule has 1 N–H and O–H groups in total. The van der Waals surface area contributed by atoms with Crippen molar-refractivity contribution in [3.05, 3.63) is 23.7 Å². The SMILES string of the molecule is CC(C)(C)c1cc(NC(=O)c2cnsn2)n(C(C)(C)C)n1. The van der Waals surface area contributed by atoms with Crippen LogP contribution >= 0.6 is 11.7 Å². The molecule has 0 atom stereocenters. The van der Waals surface area contributed by atoms with Crippen molar-refractivity contribution >= 4 is 23.5 Å². The van der Waals surface area contributed by atoms with Crippen molar-refractivity contribution in [2.24, 2.45) is 0 Å². The van der Waals surface area contributed by atoms with E-state index in [9.17, 15) is 4.79 Å². The number of rotatable bonds is 2. The molecule has 0 spiro atoms. The lowest BCUT2D eigenvalue weighted by molar-refractivity contribution is 0.102. The van der Waals surface area contributed by atoms with Gasteiger partial charge in [-0.15, -0.1) is 0 Å². The van der Waals surface area contributed by atoms with E-state index in [-0.39, 0.29) is 16.9 Å². The lowest BCUT2D eigenvalue weighted by Gasteiger charge is -2.22. The van der Waals surface area contributed by atoms with E-state index in [1.807, 2.05) is 31.5 Å². The van der Waals surface area contributed by atoms with Crippen LogP contribution in [0.2, 0.25) is 0 Å². The highest BCUT2D eigenvalue weighted by molar-refractivity contribution is 6.99. The number of hydrogen-bond acceptors (Lipinski definition) is 5. The molecule has 0 saturated heterocycles. The average molecular weight is 307 g/mol. The third-order valence-corrected chi connectivity index (χ3v) is 3.43. The summed E-state index contributed by atoms with van der Waals surface area (Å²) in [5.74, 6) is 0.403. The Kier molecular flexibility index (Phi) is 3.88. The topological polar surface area (TPSA) is 72.7 Å². The number of nitrogens with one attached hydrogen (secondary N) is 1. The van der Waals surface area contributed by atoms with Crippen LogP contribution in [0.3, 0.4) is 0 Å². The molecule has 2 rings (SSSR count). The fourth-order valence-electron chi connectivity index (χ4n) is 1.79. The van der Waals surface area contributed by atoms with Crippen LogP contribution in [0.5, 0.6) is 0 Å². The fraction of sp³-hybridized carbons (Fsp3) is 0.571. The van der Waals surface area contributed by atoms with Gasteiger partial charge < -0.3 is 5.32 Å². The van der Waals surface area contributed by atoms with Crippen LogP contribution in [0.25, 0.3) is 0 Å². The summed E-state index contributed by atoms with van der Waals surface area (Å²) in [5.41, 5.74) is 0.938. The Morgan fingerprint density at radius 1 is 1.24 bits per heavy atom. The largest absolute Gasteiger partial charge is 0.305 e. The number of amides is 1. The van der Waals surface area contributed by atoms with Gasteiger partial charge in [0.25, 0.3) is 5.91 Å². The van der Waals surface area contributed by atoms with Crippen molar-refractivity contribution in [1.82, 2.24) is 18.5 Å². The second-order valence-electron chi connectivity index (χ2n) is 6.99. The molecule has 0 bridgehead atoms. The summed E-state index contributed by atoms with van der Waals surface area (Å²) in [7, 11) is 0. The van der Waals surface area contributed by atoms with Crippen molar-refractivity contribution in [2.45, 2.75) is 52.5 Å². The first-order valence-electron chi connectivity index (χ1n) is 6.79. The van der Waals surface area contributed by atoms with Gasteiger partial charge in [0.15, 0.2) is 5.69 Å². The summed E-state index contributed by atoms with van der Waals surface area (Å²) < 4.78 is 9.63. The Morgan fingerprint density at radius 3 is 2.38 bits per heavy atom. The predicted octanol–water partition coefficient (Wildman–Crippen LogP) is 3.04. The van der Waals surface area contributed by atoms with Crippen LogP contribution in [-0.4, -0.2) is 24.4 Å². The molecule has 2 aromatic heterocycles. The molecule has 0 aliphatic carbocycles. The first kappa shape index (κ1) is 15.6. The Balaban J connectivity index is 2.38. The van der Waals surface area contributed by atoms with E-state index in [0.717, 1.165) is 17.4 Å². The van der Waals surface area contributed by atoms with E-state index in [4.69, 9.17) is 0 Å². The summed E-state index contributed by atoms with van der Waals surface area (Å²) in [6.07, 6.45) is 1.46. The molecule has 2 heterocycles. The van der Waals surface area contributed by atoms with Crippen molar-refractivity contribution in [3.63, 3.8) is 0 Å². The molecule has 7 heteroatoms. The molecule has 114 valence electrons. The van der Waals surface area contributed by atoms with E-state index < -0.39 is 0 Å². The molecule has 0 fully saturated rings. The zero-order valence-corrected chi connectivity index (χ0v) is 14.1. The van der Waals surface area contributed by atoms with E-state index in [1.165, 1.54) is 6.20 Å². The quantitative estimate of drug-likeness (QED) is 0.925. The molecule has 21 heavy (non-hydrogen) atoms. The van der Waals surface area contributed by atoms with Gasteiger partial charge in [0.2, 0.25) is 0 Å². The van der Waals surface area contributed by atoms with E-state index in [0.29, 0.717) is 11.5 Å². The van der Waals surface area contributed by atoms with Crippen molar-refractivity contribution < 1.29 is 4.79 Å². The molecular formula is C14H21N5OS. The molecule has 6 nitrogen and oxygen atoms in total. The number of aromatic nitrogens is 4. The van der Waals surface area contributed by atoms with E-state index in [2.05, 4.69) is 39.9 Å². The lowest BCUT2D eigenvalue weighted by atomic mass is 9.92. The number of anilines is 1. The molecule has 0 unspecified atom stereocenters. The van der Waals surface area contributed by atoms with Gasteiger partial charge >= 0.3 is 0 Å². The maximum absolute atomic E-state index is 12.2.